The van der Waals surface area contributed by atoms with Crippen LogP contribution in [0.25, 0.3) is 0 Å². The van der Waals surface area contributed by atoms with Gasteiger partial charge in [0.1, 0.15) is 26.4 Å². The largest absolute Gasteiger partial charge is 0.461 e. The van der Waals surface area contributed by atoms with Crippen LogP contribution >= 0.6 is 46.3 Å². The van der Waals surface area contributed by atoms with Gasteiger partial charge in [-0.05, 0) is 51.5 Å². The summed E-state index contributed by atoms with van der Waals surface area (Å²) in [6, 6.07) is 5.74. The molecule has 0 unspecified atom stereocenters. The average Bonchev–Trinajstić information content (AvgIpc) is 3.39. The summed E-state index contributed by atoms with van der Waals surface area (Å²) in [5.74, 6) is -0.958. The monoisotopic (exact) mass is 651 g/mol. The molecule has 1 aromatic heterocycles. The zero-order valence-electron chi connectivity index (χ0n) is 22.8. The number of ether oxygens (including phenoxy) is 2. The van der Waals surface area contributed by atoms with E-state index in [2.05, 4.69) is 5.32 Å². The molecule has 0 bridgehead atoms. The smallest absolute Gasteiger partial charge is 0.414 e. The molecule has 3 rings (SSSR count). The minimum Gasteiger partial charge on any atom is -0.461 e. The first-order valence-corrected chi connectivity index (χ1v) is 16.2. The minimum atomic E-state index is -4.67. The number of hydrogen-bond donors (Lipinski definition) is 1. The van der Waals surface area contributed by atoms with Gasteiger partial charge < -0.3 is 14.4 Å². The van der Waals surface area contributed by atoms with Crippen molar-refractivity contribution in [3.8, 4) is 5.75 Å². The van der Waals surface area contributed by atoms with Gasteiger partial charge in [0.05, 0.1) is 10.4 Å². The minimum absolute atomic E-state index is 0.106. The van der Waals surface area contributed by atoms with Crippen molar-refractivity contribution < 1.29 is 32.3 Å². The van der Waals surface area contributed by atoms with Gasteiger partial charge in [-0.25, -0.2) is 22.3 Å². The van der Waals surface area contributed by atoms with Crippen molar-refractivity contribution in [2.45, 2.75) is 62.1 Å². The van der Waals surface area contributed by atoms with Gasteiger partial charge in [0.15, 0.2) is 0 Å². The predicted octanol–water partition coefficient (Wildman–Crippen LogP) is 4.64. The number of thiophene rings is 1. The lowest BCUT2D eigenvalue weighted by Crippen LogP contribution is -2.56. The van der Waals surface area contributed by atoms with E-state index >= 15 is 0 Å². The summed E-state index contributed by atoms with van der Waals surface area (Å²) in [4.78, 5) is 40.2. The van der Waals surface area contributed by atoms with Gasteiger partial charge in [0.25, 0.3) is 15.9 Å². The lowest BCUT2D eigenvalue weighted by atomic mass is 10.1. The Morgan fingerprint density at radius 2 is 1.77 bits per heavy atom. The Morgan fingerprint density at radius 3 is 2.25 bits per heavy atom. The molecule has 0 saturated carbocycles. The van der Waals surface area contributed by atoms with Crippen LogP contribution in [-0.4, -0.2) is 78.5 Å². The van der Waals surface area contributed by atoms with Gasteiger partial charge >= 0.3 is 12.1 Å². The second kappa shape index (κ2) is 12.9. The lowest BCUT2D eigenvalue weighted by Gasteiger charge is -2.32. The van der Waals surface area contributed by atoms with Crippen LogP contribution in [0, 0.1) is 0 Å². The number of amides is 2. The number of benzene rings is 1. The molecule has 1 fully saturated rings. The molecule has 1 aromatic carbocycles. The van der Waals surface area contributed by atoms with Crippen molar-refractivity contribution in [2.24, 2.45) is 0 Å². The zero-order chi connectivity index (χ0) is 30.0. The van der Waals surface area contributed by atoms with Crippen molar-refractivity contribution in [1.82, 2.24) is 14.5 Å². The molecular weight excluding hydrogens is 621 g/mol. The number of nitrogens with one attached hydrogen (secondary N) is 1. The number of carbonyl (C=O) groups excluding carboxylic acids is 3. The molecule has 2 atom stereocenters. The fourth-order valence-corrected chi connectivity index (χ4v) is 8.76. The summed E-state index contributed by atoms with van der Waals surface area (Å²) in [7, 11) is -1.59. The van der Waals surface area contributed by atoms with Crippen LogP contribution in [0.15, 0.2) is 35.2 Å². The number of esters is 1. The number of sulfonamides is 1. The Bertz CT molecular complexity index is 1360. The van der Waals surface area contributed by atoms with E-state index in [1.165, 1.54) is 28.8 Å². The van der Waals surface area contributed by atoms with Crippen LogP contribution < -0.4 is 10.1 Å². The number of rotatable bonds is 9. The van der Waals surface area contributed by atoms with E-state index in [0.717, 1.165) is 17.4 Å². The SMILES string of the molecule is CC(C)OC(=O)[C@H](Cc1ccc(OC(=O)N(C)C)cc1)N(C(=O)[C@H]1NC(C)(C)CS1)S(=O)(=O)c1cc(Cl)sc1Cl. The lowest BCUT2D eigenvalue weighted by molar-refractivity contribution is -0.155. The normalized spacial score (nSPS) is 17.4. The highest BCUT2D eigenvalue weighted by Crippen LogP contribution is 2.38. The van der Waals surface area contributed by atoms with Crippen LogP contribution in [0.3, 0.4) is 0 Å². The molecule has 15 heteroatoms. The van der Waals surface area contributed by atoms with Gasteiger partial charge in [0.2, 0.25) is 0 Å². The first-order chi connectivity index (χ1) is 18.5. The van der Waals surface area contributed by atoms with Crippen molar-refractivity contribution in [3.05, 3.63) is 44.6 Å². The number of nitrogens with zero attached hydrogens (tertiary/aromatic N) is 2. The Balaban J connectivity index is 2.08. The third-order valence-electron chi connectivity index (χ3n) is 5.57. The van der Waals surface area contributed by atoms with Crippen LogP contribution in [0.4, 0.5) is 4.79 Å². The van der Waals surface area contributed by atoms with E-state index in [4.69, 9.17) is 32.7 Å². The second-order valence-electron chi connectivity index (χ2n) is 10.2. The number of carbonyl (C=O) groups is 3. The van der Waals surface area contributed by atoms with Crippen molar-refractivity contribution in [3.63, 3.8) is 0 Å². The van der Waals surface area contributed by atoms with Crippen molar-refractivity contribution >= 4 is 74.3 Å². The van der Waals surface area contributed by atoms with Gasteiger partial charge in [-0.2, -0.15) is 0 Å². The summed E-state index contributed by atoms with van der Waals surface area (Å²) in [5, 5.41) is 2.19. The van der Waals surface area contributed by atoms with Crippen LogP contribution in [0.1, 0.15) is 33.3 Å². The molecule has 2 heterocycles. The first kappa shape index (κ1) is 32.5. The fraction of sp³-hybridized carbons (Fsp3) is 0.480. The molecule has 2 amide bonds. The second-order valence-corrected chi connectivity index (χ2v) is 15.3. The first-order valence-electron chi connectivity index (χ1n) is 12.1. The molecule has 0 radical (unpaired) electrons. The van der Waals surface area contributed by atoms with Crippen LogP contribution in [-0.2, 0) is 30.8 Å². The topological polar surface area (TPSA) is 122 Å². The van der Waals surface area contributed by atoms with E-state index in [0.29, 0.717) is 15.6 Å². The van der Waals surface area contributed by atoms with Crippen molar-refractivity contribution in [1.29, 1.82) is 0 Å². The Labute approximate surface area is 252 Å². The van der Waals surface area contributed by atoms with E-state index in [1.807, 2.05) is 13.8 Å². The van der Waals surface area contributed by atoms with Crippen LogP contribution in [0.2, 0.25) is 8.67 Å². The van der Waals surface area contributed by atoms with Crippen LogP contribution in [0.5, 0.6) is 5.75 Å². The molecule has 0 aliphatic carbocycles. The number of thioether (sulfide) groups is 1. The Kier molecular flexibility index (Phi) is 10.4. The maximum Gasteiger partial charge on any atom is 0.414 e. The van der Waals surface area contributed by atoms with Crippen molar-refractivity contribution in [2.75, 3.05) is 19.8 Å². The molecule has 2 aromatic rings. The third-order valence-corrected chi connectivity index (χ3v) is 10.7. The molecule has 1 aliphatic heterocycles. The number of halogens is 2. The highest BCUT2D eigenvalue weighted by Gasteiger charge is 2.47. The molecule has 40 heavy (non-hydrogen) atoms. The maximum absolute atomic E-state index is 14.0. The zero-order valence-corrected chi connectivity index (χ0v) is 26.7. The Morgan fingerprint density at radius 1 is 1.15 bits per heavy atom. The Hall–Kier alpha value is -2.03. The molecule has 1 saturated heterocycles. The molecule has 1 aliphatic rings. The third kappa shape index (κ3) is 7.83. The predicted molar refractivity (Wildman–Crippen MR) is 157 cm³/mol. The number of hydrogen-bond acceptors (Lipinski definition) is 10. The summed E-state index contributed by atoms with van der Waals surface area (Å²) in [5.41, 5.74) is 0.0440. The molecule has 220 valence electrons. The molecule has 0 spiro atoms. The standard InChI is InChI=1S/C25H31Cl2N3O7S3/c1-14(2)36-23(32)17(11-15-7-9-16(10-8-15)37-24(33)29(5)6)30(22(31)21-28-25(3,4)13-38-21)40(34,35)18-12-19(26)39-20(18)27/h7-10,12,14,17,21,28H,11,13H2,1-6H3/t17-,21-/m0/s1. The summed E-state index contributed by atoms with van der Waals surface area (Å²) >= 11 is 14.3. The quantitative estimate of drug-likeness (QED) is 0.386. The van der Waals surface area contributed by atoms with Gasteiger partial charge in [-0.1, -0.05) is 35.3 Å². The summed E-state index contributed by atoms with van der Waals surface area (Å²) < 4.78 is 39.3. The highest BCUT2D eigenvalue weighted by molar-refractivity contribution is 8.01. The van der Waals surface area contributed by atoms with E-state index in [1.54, 1.807) is 40.1 Å². The highest BCUT2D eigenvalue weighted by atomic mass is 35.5. The molecular formula is C25H31Cl2N3O7S3. The molecule has 10 nitrogen and oxygen atoms in total. The van der Waals surface area contributed by atoms with Gasteiger partial charge in [-0.15, -0.1) is 23.1 Å². The van der Waals surface area contributed by atoms with E-state index < -0.39 is 51.1 Å². The van der Waals surface area contributed by atoms with Gasteiger partial charge in [-0.3, -0.25) is 10.1 Å². The summed E-state index contributed by atoms with van der Waals surface area (Å²) in [6.07, 6.45) is -1.38. The van der Waals surface area contributed by atoms with Gasteiger partial charge in [0, 0.05) is 31.8 Å². The fourth-order valence-electron chi connectivity index (χ4n) is 3.71. The average molecular weight is 653 g/mol. The van der Waals surface area contributed by atoms with E-state index in [9.17, 15) is 22.8 Å². The molecule has 1 N–H and O–H groups in total. The summed E-state index contributed by atoms with van der Waals surface area (Å²) in [6.45, 7) is 7.01. The van der Waals surface area contributed by atoms with E-state index in [-0.39, 0.29) is 25.7 Å². The maximum atomic E-state index is 14.0.